The predicted molar refractivity (Wildman–Crippen MR) is 122 cm³/mol. The molecular formula is C25H32N2O5. The van der Waals surface area contributed by atoms with E-state index in [1.54, 1.807) is 38.1 Å². The average Bonchev–Trinajstić information content (AvgIpc) is 2.77. The maximum atomic E-state index is 12.5. The van der Waals surface area contributed by atoms with Gasteiger partial charge in [-0.3, -0.25) is 14.4 Å². The van der Waals surface area contributed by atoms with Crippen LogP contribution in [0.4, 0.5) is 0 Å². The van der Waals surface area contributed by atoms with E-state index in [0.29, 0.717) is 17.9 Å². The molecule has 0 fully saturated rings. The fourth-order valence-corrected chi connectivity index (χ4v) is 2.96. The second-order valence-electron chi connectivity index (χ2n) is 7.68. The van der Waals surface area contributed by atoms with Crippen LogP contribution in [-0.2, 0) is 14.3 Å². The molecule has 7 nitrogen and oxygen atoms in total. The molecule has 0 bridgehead atoms. The number of benzene rings is 2. The van der Waals surface area contributed by atoms with Gasteiger partial charge in [-0.05, 0) is 50.1 Å². The maximum absolute atomic E-state index is 12.5. The Hall–Kier alpha value is -3.35. The van der Waals surface area contributed by atoms with Gasteiger partial charge in [0.2, 0.25) is 5.91 Å². The van der Waals surface area contributed by atoms with Crippen molar-refractivity contribution in [1.82, 2.24) is 10.6 Å². The van der Waals surface area contributed by atoms with Crippen LogP contribution in [0.2, 0.25) is 0 Å². The minimum absolute atomic E-state index is 0.00136. The molecule has 0 aliphatic carbocycles. The smallest absolute Gasteiger partial charge is 0.308 e. The zero-order chi connectivity index (χ0) is 23.3. The van der Waals surface area contributed by atoms with E-state index in [0.717, 1.165) is 18.4 Å². The van der Waals surface area contributed by atoms with Crippen LogP contribution in [0.15, 0.2) is 54.6 Å². The highest BCUT2D eigenvalue weighted by Crippen LogP contribution is 2.18. The van der Waals surface area contributed by atoms with Crippen LogP contribution in [0.25, 0.3) is 0 Å². The van der Waals surface area contributed by atoms with Crippen LogP contribution in [0.3, 0.4) is 0 Å². The van der Waals surface area contributed by atoms with E-state index in [2.05, 4.69) is 17.6 Å². The van der Waals surface area contributed by atoms with E-state index in [-0.39, 0.29) is 25.0 Å². The van der Waals surface area contributed by atoms with Gasteiger partial charge in [-0.15, -0.1) is 0 Å². The number of esters is 1. The SMILES string of the molecule is CCCCOc1ccc(C(=O)NCC(=O)NC(CC(=O)OC(C)C)c2ccccc2)cc1. The number of nitrogens with one attached hydrogen (secondary N) is 2. The molecule has 2 amide bonds. The molecule has 2 N–H and O–H groups in total. The Morgan fingerprint density at radius 1 is 0.969 bits per heavy atom. The van der Waals surface area contributed by atoms with E-state index in [1.807, 2.05) is 30.3 Å². The van der Waals surface area contributed by atoms with Gasteiger partial charge >= 0.3 is 5.97 Å². The first kappa shape index (κ1) is 24.9. The van der Waals surface area contributed by atoms with Gasteiger partial charge in [0.25, 0.3) is 5.91 Å². The van der Waals surface area contributed by atoms with Crippen molar-refractivity contribution < 1.29 is 23.9 Å². The number of unbranched alkanes of at least 4 members (excludes halogenated alkanes) is 1. The first-order valence-corrected chi connectivity index (χ1v) is 10.9. The van der Waals surface area contributed by atoms with Crippen LogP contribution >= 0.6 is 0 Å². The number of hydrogen-bond donors (Lipinski definition) is 2. The second kappa shape index (κ2) is 13.1. The Bertz CT molecular complexity index is 866. The summed E-state index contributed by atoms with van der Waals surface area (Å²) in [5, 5.41) is 5.41. The van der Waals surface area contributed by atoms with Gasteiger partial charge < -0.3 is 20.1 Å². The average molecular weight is 441 g/mol. The summed E-state index contributed by atoms with van der Waals surface area (Å²) in [6.07, 6.45) is 1.78. The minimum atomic E-state index is -0.550. The summed E-state index contributed by atoms with van der Waals surface area (Å²) in [7, 11) is 0. The molecule has 172 valence electrons. The molecule has 0 spiro atoms. The van der Waals surface area contributed by atoms with Crippen LogP contribution in [0, 0.1) is 0 Å². The lowest BCUT2D eigenvalue weighted by atomic mass is 10.0. The topological polar surface area (TPSA) is 93.7 Å². The van der Waals surface area contributed by atoms with Crippen molar-refractivity contribution in [3.63, 3.8) is 0 Å². The van der Waals surface area contributed by atoms with E-state index in [4.69, 9.17) is 9.47 Å². The molecule has 1 atom stereocenters. The fraction of sp³-hybridized carbons (Fsp3) is 0.400. The third kappa shape index (κ3) is 8.79. The van der Waals surface area contributed by atoms with Crippen LogP contribution < -0.4 is 15.4 Å². The van der Waals surface area contributed by atoms with Crippen molar-refractivity contribution in [2.24, 2.45) is 0 Å². The van der Waals surface area contributed by atoms with Gasteiger partial charge in [0.15, 0.2) is 0 Å². The Morgan fingerprint density at radius 3 is 2.28 bits per heavy atom. The number of carbonyl (C=O) groups is 3. The van der Waals surface area contributed by atoms with Gasteiger partial charge in [0, 0.05) is 5.56 Å². The summed E-state index contributed by atoms with van der Waals surface area (Å²) in [4.78, 5) is 37.0. The molecule has 0 heterocycles. The monoisotopic (exact) mass is 440 g/mol. The van der Waals surface area contributed by atoms with Crippen molar-refractivity contribution in [2.45, 2.75) is 52.2 Å². The second-order valence-corrected chi connectivity index (χ2v) is 7.68. The zero-order valence-electron chi connectivity index (χ0n) is 18.9. The predicted octanol–water partition coefficient (Wildman–Crippen LogP) is 3.79. The molecule has 1 unspecified atom stereocenters. The van der Waals surface area contributed by atoms with E-state index in [1.165, 1.54) is 0 Å². The lowest BCUT2D eigenvalue weighted by Crippen LogP contribution is -2.39. The Balaban J connectivity index is 1.90. The van der Waals surface area contributed by atoms with Gasteiger partial charge in [0.1, 0.15) is 5.75 Å². The number of carbonyl (C=O) groups excluding carboxylic acids is 3. The van der Waals surface area contributed by atoms with Gasteiger partial charge in [0.05, 0.1) is 31.7 Å². The van der Waals surface area contributed by atoms with Gasteiger partial charge in [-0.25, -0.2) is 0 Å². The van der Waals surface area contributed by atoms with E-state index in [9.17, 15) is 14.4 Å². The van der Waals surface area contributed by atoms with Crippen molar-refractivity contribution in [2.75, 3.05) is 13.2 Å². The minimum Gasteiger partial charge on any atom is -0.494 e. The summed E-state index contributed by atoms with van der Waals surface area (Å²) in [5.41, 5.74) is 1.22. The van der Waals surface area contributed by atoms with E-state index < -0.39 is 17.9 Å². The van der Waals surface area contributed by atoms with Crippen LogP contribution in [-0.4, -0.2) is 37.0 Å². The van der Waals surface area contributed by atoms with Gasteiger partial charge in [-0.1, -0.05) is 43.7 Å². The standard InChI is InChI=1S/C25H32N2O5/c1-4-5-15-31-21-13-11-20(12-14-21)25(30)26-17-23(28)27-22(16-24(29)32-18(2)3)19-9-7-6-8-10-19/h6-14,18,22H,4-5,15-17H2,1-3H3,(H,26,30)(H,27,28). The van der Waals surface area contributed by atoms with Gasteiger partial charge in [-0.2, -0.15) is 0 Å². The number of rotatable bonds is 12. The third-order valence-corrected chi connectivity index (χ3v) is 4.57. The highest BCUT2D eigenvalue weighted by atomic mass is 16.5. The van der Waals surface area contributed by atoms with Crippen LogP contribution in [0.1, 0.15) is 62.0 Å². The molecule has 0 aliphatic heterocycles. The largest absolute Gasteiger partial charge is 0.494 e. The molecule has 7 heteroatoms. The highest BCUT2D eigenvalue weighted by molar-refractivity contribution is 5.96. The number of amides is 2. The number of ether oxygens (including phenoxy) is 2. The maximum Gasteiger partial charge on any atom is 0.308 e. The molecule has 0 saturated heterocycles. The summed E-state index contributed by atoms with van der Waals surface area (Å²) < 4.78 is 10.8. The van der Waals surface area contributed by atoms with Crippen molar-refractivity contribution in [1.29, 1.82) is 0 Å². The molecule has 0 radical (unpaired) electrons. The molecule has 2 rings (SSSR count). The lowest BCUT2D eigenvalue weighted by Gasteiger charge is -2.19. The first-order valence-electron chi connectivity index (χ1n) is 10.9. The quantitative estimate of drug-likeness (QED) is 0.387. The zero-order valence-corrected chi connectivity index (χ0v) is 18.9. The molecule has 32 heavy (non-hydrogen) atoms. The summed E-state index contributed by atoms with van der Waals surface area (Å²) in [5.74, 6) is -0.467. The third-order valence-electron chi connectivity index (χ3n) is 4.57. The highest BCUT2D eigenvalue weighted by Gasteiger charge is 2.20. The Morgan fingerprint density at radius 2 is 1.66 bits per heavy atom. The number of hydrogen-bond acceptors (Lipinski definition) is 5. The van der Waals surface area contributed by atoms with Crippen LogP contribution in [0.5, 0.6) is 5.75 Å². The normalized spacial score (nSPS) is 11.5. The summed E-state index contributed by atoms with van der Waals surface area (Å²) >= 11 is 0. The Labute approximate surface area is 189 Å². The summed E-state index contributed by atoms with van der Waals surface area (Å²) in [6.45, 7) is 6.05. The van der Waals surface area contributed by atoms with Crippen molar-refractivity contribution in [3.8, 4) is 5.75 Å². The lowest BCUT2D eigenvalue weighted by molar-refractivity contribution is -0.148. The van der Waals surface area contributed by atoms with Crippen molar-refractivity contribution in [3.05, 3.63) is 65.7 Å². The Kier molecular flexibility index (Phi) is 10.2. The van der Waals surface area contributed by atoms with Crippen molar-refractivity contribution >= 4 is 17.8 Å². The first-order chi connectivity index (χ1) is 15.4. The molecule has 0 saturated carbocycles. The summed E-state index contributed by atoms with van der Waals surface area (Å²) in [6, 6.07) is 15.4. The molecule has 2 aromatic rings. The molecule has 0 aromatic heterocycles. The molecule has 2 aromatic carbocycles. The van der Waals surface area contributed by atoms with E-state index >= 15 is 0 Å². The molecular weight excluding hydrogens is 408 g/mol. The molecule has 0 aliphatic rings. The fourth-order valence-electron chi connectivity index (χ4n) is 2.96.